The molecular formula is C24H30N6O2S. The molecule has 174 valence electrons. The number of nitrogens with zero attached hydrogens (tertiary/aromatic N) is 4. The second-order valence-electron chi connectivity index (χ2n) is 8.88. The fourth-order valence-corrected chi connectivity index (χ4v) is 4.34. The van der Waals surface area contributed by atoms with E-state index in [-0.39, 0.29) is 11.7 Å². The Bertz CT molecular complexity index is 1120. The van der Waals surface area contributed by atoms with Crippen LogP contribution in [0.3, 0.4) is 0 Å². The van der Waals surface area contributed by atoms with Crippen LogP contribution in [0.2, 0.25) is 0 Å². The number of aliphatic hydroxyl groups is 1. The number of hydrogen-bond donors (Lipinski definition) is 3. The number of aryl methyl sites for hydroxylation is 1. The van der Waals surface area contributed by atoms with Crippen molar-refractivity contribution >= 4 is 35.0 Å². The number of aromatic amines is 1. The fourth-order valence-electron chi connectivity index (χ4n) is 3.57. The monoisotopic (exact) mass is 466 g/mol. The third kappa shape index (κ3) is 5.54. The van der Waals surface area contributed by atoms with E-state index >= 15 is 0 Å². The van der Waals surface area contributed by atoms with E-state index in [1.807, 2.05) is 64.1 Å². The Kier molecular flexibility index (Phi) is 6.71. The zero-order chi connectivity index (χ0) is 23.6. The minimum atomic E-state index is -0.698. The predicted octanol–water partition coefficient (Wildman–Crippen LogP) is 4.13. The number of hydrogen-bond acceptors (Lipinski definition) is 8. The topological polar surface area (TPSA) is 107 Å². The summed E-state index contributed by atoms with van der Waals surface area (Å²) in [5.41, 5.74) is 1.26. The van der Waals surface area contributed by atoms with Gasteiger partial charge in [-0.15, -0.1) is 0 Å². The average Bonchev–Trinajstić information content (AvgIpc) is 3.16. The maximum Gasteiger partial charge on any atom is 0.196 e. The van der Waals surface area contributed by atoms with Crippen molar-refractivity contribution in [1.29, 1.82) is 0 Å². The molecule has 0 spiro atoms. The summed E-state index contributed by atoms with van der Waals surface area (Å²) >= 11 is 1.46. The van der Waals surface area contributed by atoms with Gasteiger partial charge in [-0.1, -0.05) is 32.9 Å². The van der Waals surface area contributed by atoms with Crippen LogP contribution in [0.4, 0.5) is 17.5 Å². The summed E-state index contributed by atoms with van der Waals surface area (Å²) in [6.45, 7) is 8.95. The lowest BCUT2D eigenvalue weighted by Gasteiger charge is -2.49. The van der Waals surface area contributed by atoms with Crippen molar-refractivity contribution in [2.75, 3.05) is 23.3 Å². The molecule has 33 heavy (non-hydrogen) atoms. The van der Waals surface area contributed by atoms with Gasteiger partial charge in [0, 0.05) is 35.6 Å². The molecule has 3 aromatic rings. The summed E-state index contributed by atoms with van der Waals surface area (Å²) in [6, 6.07) is 11.7. The Labute approximate surface area is 198 Å². The second kappa shape index (κ2) is 9.52. The van der Waals surface area contributed by atoms with Crippen LogP contribution in [0.15, 0.2) is 46.5 Å². The minimum Gasteiger partial charge on any atom is -0.386 e. The molecule has 0 unspecified atom stereocenters. The van der Waals surface area contributed by atoms with E-state index < -0.39 is 5.60 Å². The van der Waals surface area contributed by atoms with Gasteiger partial charge in [-0.2, -0.15) is 5.10 Å². The molecule has 2 aromatic heterocycles. The third-order valence-electron chi connectivity index (χ3n) is 5.91. The van der Waals surface area contributed by atoms with Gasteiger partial charge in [0.05, 0.1) is 13.1 Å². The lowest BCUT2D eigenvalue weighted by molar-refractivity contribution is -0.118. The summed E-state index contributed by atoms with van der Waals surface area (Å²) in [5.74, 6) is 2.48. The van der Waals surface area contributed by atoms with E-state index in [0.717, 1.165) is 22.0 Å². The van der Waals surface area contributed by atoms with Gasteiger partial charge in [0.2, 0.25) is 0 Å². The zero-order valence-corrected chi connectivity index (χ0v) is 20.2. The highest BCUT2D eigenvalue weighted by Crippen LogP contribution is 2.35. The molecule has 0 bridgehead atoms. The maximum atomic E-state index is 11.7. The Morgan fingerprint density at radius 3 is 2.55 bits per heavy atom. The van der Waals surface area contributed by atoms with Gasteiger partial charge in [-0.05, 0) is 42.3 Å². The van der Waals surface area contributed by atoms with Crippen LogP contribution in [0.5, 0.6) is 0 Å². The number of anilines is 3. The van der Waals surface area contributed by atoms with Crippen molar-refractivity contribution in [3.8, 4) is 0 Å². The average molecular weight is 467 g/mol. The van der Waals surface area contributed by atoms with Crippen molar-refractivity contribution in [2.45, 2.75) is 56.2 Å². The van der Waals surface area contributed by atoms with Crippen LogP contribution >= 0.6 is 11.8 Å². The molecule has 8 nitrogen and oxygen atoms in total. The lowest BCUT2D eigenvalue weighted by atomic mass is 9.83. The number of aromatic nitrogens is 4. The molecule has 1 aliphatic rings. The van der Waals surface area contributed by atoms with E-state index in [1.165, 1.54) is 11.8 Å². The van der Waals surface area contributed by atoms with Gasteiger partial charge in [0.1, 0.15) is 23.0 Å². The largest absolute Gasteiger partial charge is 0.386 e. The van der Waals surface area contributed by atoms with E-state index in [2.05, 4.69) is 25.4 Å². The first-order valence-corrected chi connectivity index (χ1v) is 12.0. The molecule has 3 heterocycles. The van der Waals surface area contributed by atoms with Crippen LogP contribution in [0.1, 0.15) is 38.4 Å². The zero-order valence-electron chi connectivity index (χ0n) is 19.4. The molecular weight excluding hydrogens is 436 g/mol. The van der Waals surface area contributed by atoms with Crippen molar-refractivity contribution in [1.82, 2.24) is 20.2 Å². The normalized spacial score (nSPS) is 14.9. The second-order valence-corrected chi connectivity index (χ2v) is 9.93. The Balaban J connectivity index is 1.55. The van der Waals surface area contributed by atoms with Crippen LogP contribution in [-0.4, -0.2) is 49.7 Å². The number of Topliss-reactive ketones (excluding diaryl/α,β-unsaturated/α-hetero) is 1. The number of rotatable bonds is 9. The molecule has 0 atom stereocenters. The van der Waals surface area contributed by atoms with E-state index in [9.17, 15) is 9.90 Å². The maximum absolute atomic E-state index is 11.7. The van der Waals surface area contributed by atoms with Gasteiger partial charge < -0.3 is 15.3 Å². The molecule has 1 saturated heterocycles. The first kappa shape index (κ1) is 23.3. The van der Waals surface area contributed by atoms with Gasteiger partial charge >= 0.3 is 0 Å². The SMILES string of the molecule is CCC(=O)Cc1ccc(Sc2nc(Nc3cc(C)[nH]n3)cc(N3CC(O)(C(C)C)C3)n2)cc1. The number of H-pyrrole nitrogens is 1. The molecule has 0 saturated carbocycles. The summed E-state index contributed by atoms with van der Waals surface area (Å²) in [4.78, 5) is 24.2. The standard InChI is InChI=1S/C24H30N6O2S/c1-5-18(31)11-17-6-8-19(9-7-17)33-23-26-20(25-21-10-16(4)28-29-21)12-22(27-23)30-13-24(32,14-30)15(2)3/h6-10,12,15,32H,5,11,13-14H2,1-4H3,(H2,25,26,27,28,29). The van der Waals surface area contributed by atoms with E-state index in [0.29, 0.717) is 42.7 Å². The number of benzene rings is 1. The summed E-state index contributed by atoms with van der Waals surface area (Å²) in [5, 5.41) is 21.7. The van der Waals surface area contributed by atoms with Gasteiger partial charge in [-0.25, -0.2) is 9.97 Å². The number of carbonyl (C=O) groups excluding carboxylic acids is 1. The van der Waals surface area contributed by atoms with Crippen molar-refractivity contribution in [2.24, 2.45) is 5.92 Å². The van der Waals surface area contributed by atoms with Gasteiger partial charge in [0.15, 0.2) is 11.0 Å². The van der Waals surface area contributed by atoms with Gasteiger partial charge in [0.25, 0.3) is 0 Å². The molecule has 0 radical (unpaired) electrons. The first-order valence-electron chi connectivity index (χ1n) is 11.2. The van der Waals surface area contributed by atoms with Crippen LogP contribution in [0, 0.1) is 12.8 Å². The molecule has 3 N–H and O–H groups in total. The van der Waals surface area contributed by atoms with E-state index in [1.54, 1.807) is 0 Å². The smallest absolute Gasteiger partial charge is 0.196 e. The number of ketones is 1. The summed E-state index contributed by atoms with van der Waals surface area (Å²) in [6.07, 6.45) is 1.00. The fraction of sp³-hybridized carbons (Fsp3) is 0.417. The Morgan fingerprint density at radius 2 is 1.94 bits per heavy atom. The molecule has 1 fully saturated rings. The molecule has 0 amide bonds. The molecule has 4 rings (SSSR count). The number of nitrogens with one attached hydrogen (secondary N) is 2. The predicted molar refractivity (Wildman–Crippen MR) is 130 cm³/mol. The quantitative estimate of drug-likeness (QED) is 0.404. The third-order valence-corrected chi connectivity index (χ3v) is 6.78. The Morgan fingerprint density at radius 1 is 1.21 bits per heavy atom. The number of β-amino-alcohol motifs (C(OH)–C–C–N with tert-alkyl or cyclic N) is 1. The molecule has 9 heteroatoms. The highest BCUT2D eigenvalue weighted by molar-refractivity contribution is 7.99. The highest BCUT2D eigenvalue weighted by atomic mass is 32.2. The molecule has 1 aliphatic heterocycles. The summed E-state index contributed by atoms with van der Waals surface area (Å²) < 4.78 is 0. The highest BCUT2D eigenvalue weighted by Gasteiger charge is 2.44. The van der Waals surface area contributed by atoms with E-state index in [4.69, 9.17) is 4.98 Å². The van der Waals surface area contributed by atoms with Crippen LogP contribution < -0.4 is 10.2 Å². The van der Waals surface area contributed by atoms with Crippen LogP contribution in [0.25, 0.3) is 0 Å². The summed E-state index contributed by atoms with van der Waals surface area (Å²) in [7, 11) is 0. The lowest BCUT2D eigenvalue weighted by Crippen LogP contribution is -2.65. The van der Waals surface area contributed by atoms with Gasteiger partial charge in [-0.3, -0.25) is 9.89 Å². The Hall–Kier alpha value is -2.91. The van der Waals surface area contributed by atoms with Crippen molar-refractivity contribution in [3.05, 3.63) is 47.7 Å². The minimum absolute atomic E-state index is 0.173. The van der Waals surface area contributed by atoms with Crippen molar-refractivity contribution in [3.63, 3.8) is 0 Å². The first-order chi connectivity index (χ1) is 15.7. The number of carbonyl (C=O) groups is 1. The van der Waals surface area contributed by atoms with Crippen LogP contribution in [-0.2, 0) is 11.2 Å². The molecule has 1 aromatic carbocycles. The van der Waals surface area contributed by atoms with Crippen molar-refractivity contribution < 1.29 is 9.90 Å². The molecule has 0 aliphatic carbocycles.